The van der Waals surface area contributed by atoms with Crippen molar-refractivity contribution < 1.29 is 4.42 Å². The van der Waals surface area contributed by atoms with E-state index in [2.05, 4.69) is 35.4 Å². The molecular formula is C21H17ClN2O2S2. The lowest BCUT2D eigenvalue weighted by Gasteiger charge is -2.08. The maximum absolute atomic E-state index is 12.4. The number of rotatable bonds is 8. The lowest BCUT2D eigenvalue weighted by Crippen LogP contribution is -2.05. The van der Waals surface area contributed by atoms with Crippen molar-refractivity contribution >= 4 is 58.3 Å². The first-order chi connectivity index (χ1) is 13.6. The van der Waals surface area contributed by atoms with Crippen LogP contribution >= 0.6 is 35.1 Å². The second-order valence-electron chi connectivity index (χ2n) is 5.53. The Morgan fingerprint density at radius 3 is 2.68 bits per heavy atom. The number of hydrogen-bond acceptors (Lipinski definition) is 6. The van der Waals surface area contributed by atoms with Gasteiger partial charge in [-0.05, 0) is 31.0 Å². The van der Waals surface area contributed by atoms with Crippen LogP contribution in [0.25, 0.3) is 16.5 Å². The average Bonchev–Trinajstić information content (AvgIpc) is 2.71. The quantitative estimate of drug-likeness (QED) is 0.193. The summed E-state index contributed by atoms with van der Waals surface area (Å²) >= 11 is 9.36. The van der Waals surface area contributed by atoms with Gasteiger partial charge in [-0.15, -0.1) is 23.5 Å². The summed E-state index contributed by atoms with van der Waals surface area (Å²) in [5.74, 6) is 1.85. The van der Waals surface area contributed by atoms with E-state index >= 15 is 0 Å². The molecule has 0 aliphatic carbocycles. The molecule has 4 nitrogen and oxygen atoms in total. The Morgan fingerprint density at radius 2 is 1.96 bits per heavy atom. The molecule has 0 spiro atoms. The molecule has 28 heavy (non-hydrogen) atoms. The Kier molecular flexibility index (Phi) is 7.14. The maximum Gasteiger partial charge on any atom is 0.348 e. The molecule has 3 aromatic rings. The van der Waals surface area contributed by atoms with Crippen molar-refractivity contribution in [1.29, 1.82) is 0 Å². The van der Waals surface area contributed by atoms with Crippen LogP contribution in [-0.4, -0.2) is 23.2 Å². The minimum atomic E-state index is -0.544. The first kappa shape index (κ1) is 20.5. The minimum Gasteiger partial charge on any atom is -0.403 e. The third kappa shape index (κ3) is 4.76. The van der Waals surface area contributed by atoms with Gasteiger partial charge in [-0.2, -0.15) is 0 Å². The van der Waals surface area contributed by atoms with Gasteiger partial charge in [0.05, 0.1) is 16.1 Å². The monoisotopic (exact) mass is 428 g/mol. The topological polar surface area (TPSA) is 55.5 Å². The van der Waals surface area contributed by atoms with Crippen LogP contribution in [0, 0.1) is 0 Å². The summed E-state index contributed by atoms with van der Waals surface area (Å²) in [6.07, 6.45) is 1.57. The van der Waals surface area contributed by atoms with Gasteiger partial charge in [-0.3, -0.25) is 4.99 Å². The Labute approximate surface area is 176 Å². The van der Waals surface area contributed by atoms with Gasteiger partial charge in [0, 0.05) is 16.4 Å². The van der Waals surface area contributed by atoms with E-state index in [1.54, 1.807) is 36.0 Å². The van der Waals surface area contributed by atoms with Crippen molar-refractivity contribution in [2.45, 2.75) is 4.90 Å². The SMILES string of the molecule is C=C/C(=C(\N=C)SCCSc1ccccc1)c1nc2cccc(Cl)c2c(=O)o1. The normalized spacial score (nSPS) is 11.9. The Bertz CT molecular complexity index is 1090. The van der Waals surface area contributed by atoms with E-state index in [1.165, 1.54) is 16.7 Å². The lowest BCUT2D eigenvalue weighted by atomic mass is 10.2. The first-order valence-electron chi connectivity index (χ1n) is 8.38. The minimum absolute atomic E-state index is 0.153. The van der Waals surface area contributed by atoms with Crippen LogP contribution in [0.1, 0.15) is 5.89 Å². The van der Waals surface area contributed by atoms with Crippen molar-refractivity contribution in [3.8, 4) is 0 Å². The molecule has 0 saturated heterocycles. The van der Waals surface area contributed by atoms with Crippen molar-refractivity contribution in [3.63, 3.8) is 0 Å². The Morgan fingerprint density at radius 1 is 1.18 bits per heavy atom. The predicted molar refractivity (Wildman–Crippen MR) is 122 cm³/mol. The fraction of sp³-hybridized carbons (Fsp3) is 0.0952. The van der Waals surface area contributed by atoms with E-state index in [0.29, 0.717) is 21.1 Å². The highest BCUT2D eigenvalue weighted by atomic mass is 35.5. The number of hydrogen-bond donors (Lipinski definition) is 0. The molecule has 3 rings (SSSR count). The van der Waals surface area contributed by atoms with Gasteiger partial charge in [0.15, 0.2) is 0 Å². The van der Waals surface area contributed by atoms with Crippen molar-refractivity contribution in [2.24, 2.45) is 4.99 Å². The van der Waals surface area contributed by atoms with Crippen LogP contribution < -0.4 is 5.63 Å². The highest BCUT2D eigenvalue weighted by Gasteiger charge is 2.15. The van der Waals surface area contributed by atoms with Crippen LogP contribution in [0.5, 0.6) is 0 Å². The summed E-state index contributed by atoms with van der Waals surface area (Å²) in [6.45, 7) is 7.46. The molecule has 1 aromatic heterocycles. The molecule has 0 aliphatic rings. The third-order valence-corrected chi connectivity index (χ3v) is 6.37. The predicted octanol–water partition coefficient (Wildman–Crippen LogP) is 5.92. The van der Waals surface area contributed by atoms with Crippen molar-refractivity contribution in [2.75, 3.05) is 11.5 Å². The van der Waals surface area contributed by atoms with Crippen LogP contribution in [0.4, 0.5) is 0 Å². The smallest absolute Gasteiger partial charge is 0.348 e. The first-order valence-corrected chi connectivity index (χ1v) is 10.7. The number of allylic oxidation sites excluding steroid dienone is 2. The summed E-state index contributed by atoms with van der Waals surface area (Å²) < 4.78 is 5.40. The van der Waals surface area contributed by atoms with E-state index in [4.69, 9.17) is 16.0 Å². The Hall–Kier alpha value is -2.28. The molecule has 0 N–H and O–H groups in total. The number of halogens is 1. The van der Waals surface area contributed by atoms with E-state index < -0.39 is 5.63 Å². The van der Waals surface area contributed by atoms with E-state index in [0.717, 1.165) is 11.5 Å². The molecule has 0 fully saturated rings. The molecule has 1 heterocycles. The summed E-state index contributed by atoms with van der Waals surface area (Å²) in [5.41, 5.74) is 0.452. The largest absolute Gasteiger partial charge is 0.403 e. The molecule has 0 aliphatic heterocycles. The van der Waals surface area contributed by atoms with Gasteiger partial charge in [0.1, 0.15) is 10.4 Å². The molecule has 0 atom stereocenters. The fourth-order valence-electron chi connectivity index (χ4n) is 2.48. The van der Waals surface area contributed by atoms with E-state index in [9.17, 15) is 4.79 Å². The third-order valence-electron chi connectivity index (χ3n) is 3.75. The van der Waals surface area contributed by atoms with Crippen LogP contribution in [-0.2, 0) is 0 Å². The average molecular weight is 429 g/mol. The van der Waals surface area contributed by atoms with Gasteiger partial charge in [-0.1, -0.05) is 48.5 Å². The van der Waals surface area contributed by atoms with Gasteiger partial charge in [0.25, 0.3) is 0 Å². The lowest BCUT2D eigenvalue weighted by molar-refractivity contribution is 0.487. The summed E-state index contributed by atoms with van der Waals surface area (Å²) in [6, 6.07) is 15.3. The summed E-state index contributed by atoms with van der Waals surface area (Å²) in [7, 11) is 0. The number of aliphatic imine (C=N–C) groups is 1. The highest BCUT2D eigenvalue weighted by Crippen LogP contribution is 2.30. The molecule has 2 aromatic carbocycles. The standard InChI is InChI=1S/C21H17ClN2O2S2/c1-3-15(19-24-17-11-7-10-16(22)18(17)21(25)26-19)20(23-2)28-13-12-27-14-8-5-4-6-9-14/h3-11H,1-2,12-13H2/b20-15-. The molecule has 0 unspecified atom stereocenters. The van der Waals surface area contributed by atoms with Crippen molar-refractivity contribution in [1.82, 2.24) is 4.98 Å². The molecule has 7 heteroatoms. The molecule has 0 radical (unpaired) electrons. The Balaban J connectivity index is 1.83. The number of nitrogens with zero attached hydrogens (tertiary/aromatic N) is 2. The molecule has 0 bridgehead atoms. The summed E-state index contributed by atoms with van der Waals surface area (Å²) in [4.78, 5) is 22.1. The number of fused-ring (bicyclic) bond motifs is 1. The molecule has 0 amide bonds. The molecular weight excluding hydrogens is 412 g/mol. The van der Waals surface area contributed by atoms with Crippen molar-refractivity contribution in [3.05, 3.63) is 87.5 Å². The van der Waals surface area contributed by atoms with Gasteiger partial charge >= 0.3 is 5.63 Å². The van der Waals surface area contributed by atoms with Crippen LogP contribution in [0.2, 0.25) is 5.02 Å². The summed E-state index contributed by atoms with van der Waals surface area (Å²) in [5, 5.41) is 1.18. The zero-order valence-corrected chi connectivity index (χ0v) is 17.3. The fourth-order valence-corrected chi connectivity index (χ4v) is 4.59. The zero-order valence-electron chi connectivity index (χ0n) is 14.9. The second-order valence-corrected chi connectivity index (χ2v) is 8.19. The zero-order chi connectivity index (χ0) is 19.9. The van der Waals surface area contributed by atoms with Gasteiger partial charge in [0.2, 0.25) is 5.89 Å². The molecule has 0 saturated carbocycles. The molecule has 142 valence electrons. The number of benzene rings is 2. The maximum atomic E-state index is 12.4. The van der Waals surface area contributed by atoms with E-state index in [-0.39, 0.29) is 11.3 Å². The van der Waals surface area contributed by atoms with Crippen LogP contribution in [0.15, 0.2) is 85.3 Å². The number of thioether (sulfide) groups is 2. The van der Waals surface area contributed by atoms with Crippen LogP contribution in [0.3, 0.4) is 0 Å². The highest BCUT2D eigenvalue weighted by molar-refractivity contribution is 8.05. The van der Waals surface area contributed by atoms with Gasteiger partial charge < -0.3 is 4.42 Å². The van der Waals surface area contributed by atoms with Gasteiger partial charge in [-0.25, -0.2) is 9.78 Å². The second kappa shape index (κ2) is 9.78. The number of aromatic nitrogens is 1. The van der Waals surface area contributed by atoms with E-state index in [1.807, 2.05) is 18.2 Å².